The highest BCUT2D eigenvalue weighted by Gasteiger charge is 2.27. The van der Waals surface area contributed by atoms with Crippen LogP contribution in [0.2, 0.25) is 0 Å². The molecule has 6 rings (SSSR count). The van der Waals surface area contributed by atoms with Gasteiger partial charge in [0.05, 0.1) is 22.3 Å². The van der Waals surface area contributed by atoms with Gasteiger partial charge >= 0.3 is 30.0 Å². The zero-order valence-electron chi connectivity index (χ0n) is 39.1. The van der Waals surface area contributed by atoms with Crippen LogP contribution in [0.1, 0.15) is 151 Å². The van der Waals surface area contributed by atoms with Crippen LogP contribution in [0, 0.1) is 0 Å². The van der Waals surface area contributed by atoms with Crippen molar-refractivity contribution >= 4 is 71.1 Å². The van der Waals surface area contributed by atoms with Crippen LogP contribution in [0.5, 0.6) is 17.2 Å². The van der Waals surface area contributed by atoms with Crippen molar-refractivity contribution in [2.24, 2.45) is 0 Å². The van der Waals surface area contributed by atoms with Crippen molar-refractivity contribution in [2.75, 3.05) is 0 Å². The average molecular weight is 1010 g/mol. The van der Waals surface area contributed by atoms with Crippen LogP contribution in [0.15, 0.2) is 72.8 Å². The molecule has 2 unspecified atom stereocenters. The maximum absolute atomic E-state index is 11.9. The molecule has 19 heteroatoms. The van der Waals surface area contributed by atoms with Crippen LogP contribution in [-0.4, -0.2) is 71.0 Å². The summed E-state index contributed by atoms with van der Waals surface area (Å²) in [5, 5.41) is 8.52. The van der Waals surface area contributed by atoms with Crippen LogP contribution < -0.4 is 14.2 Å². The van der Waals surface area contributed by atoms with Crippen molar-refractivity contribution in [3.8, 4) is 17.2 Å². The number of para-hydroxylation sites is 3. The Balaban J connectivity index is 0.000000261. The number of hydrogen-bond donors (Lipinski definition) is 1. The van der Waals surface area contributed by atoms with Crippen LogP contribution in [0.25, 0.3) is 0 Å². The molecule has 0 aromatic heterocycles. The number of alkyl halides is 2. The fraction of sp³-hybridized carbons (Fsp3) is 0.510. The summed E-state index contributed by atoms with van der Waals surface area (Å²) in [5.74, 6) is 0.581. The van der Waals surface area contributed by atoms with Gasteiger partial charge in [-0.3, -0.25) is 4.79 Å². The minimum atomic E-state index is -1.16. The molecule has 3 aromatic rings. The Morgan fingerprint density at radius 3 is 1.22 bits per heavy atom. The van der Waals surface area contributed by atoms with Crippen LogP contribution in [0.3, 0.4) is 0 Å². The summed E-state index contributed by atoms with van der Waals surface area (Å²) in [6, 6.07) is 19.5. The molecule has 0 saturated heterocycles. The SMILES string of the molecule is CC(C)(C)O.CC(C)(C)OC(=O)OC(Cl)c1ccccc1OC(=O)OC1CCCC1.O=C(Cl)OC(Cl)c1ccccc1OC(=O)OC1CCCC1.O=Cc1ccccc1OC(=O)OC1CCCC1. The molecule has 0 radical (unpaired) electrons. The van der Waals surface area contributed by atoms with E-state index in [1.54, 1.807) is 108 Å². The predicted molar refractivity (Wildman–Crippen MR) is 252 cm³/mol. The van der Waals surface area contributed by atoms with E-state index in [-0.39, 0.29) is 35.6 Å². The summed E-state index contributed by atoms with van der Waals surface area (Å²) in [6.45, 7) is 10.4. The lowest BCUT2D eigenvalue weighted by molar-refractivity contribution is -0.0138. The second-order valence-corrected chi connectivity index (χ2v) is 18.7. The summed E-state index contributed by atoms with van der Waals surface area (Å²) < 4.78 is 45.7. The molecule has 3 aromatic carbocycles. The highest BCUT2D eigenvalue weighted by atomic mass is 35.5. The first-order valence-corrected chi connectivity index (χ1v) is 23.5. The third kappa shape index (κ3) is 23.6. The highest BCUT2D eigenvalue weighted by molar-refractivity contribution is 6.61. The minimum absolute atomic E-state index is 0.0362. The largest absolute Gasteiger partial charge is 0.514 e. The molecule has 3 aliphatic rings. The third-order valence-electron chi connectivity index (χ3n) is 9.43. The molecule has 3 saturated carbocycles. The van der Waals surface area contributed by atoms with Crippen molar-refractivity contribution < 1.29 is 76.5 Å². The summed E-state index contributed by atoms with van der Waals surface area (Å²) in [6.07, 6.45) is 8.70. The normalized spacial score (nSPS) is 15.7. The van der Waals surface area contributed by atoms with E-state index in [0.29, 0.717) is 23.0 Å². The Morgan fingerprint density at radius 2 is 0.868 bits per heavy atom. The first-order valence-electron chi connectivity index (χ1n) is 22.2. The van der Waals surface area contributed by atoms with Crippen molar-refractivity contribution in [3.63, 3.8) is 0 Å². The molecule has 0 bridgehead atoms. The summed E-state index contributed by atoms with van der Waals surface area (Å²) in [4.78, 5) is 68.3. The molecule has 0 aliphatic heterocycles. The van der Waals surface area contributed by atoms with Gasteiger partial charge in [-0.1, -0.05) is 71.7 Å². The summed E-state index contributed by atoms with van der Waals surface area (Å²) >= 11 is 17.2. The molecule has 0 heterocycles. The van der Waals surface area contributed by atoms with Gasteiger partial charge in [0.15, 0.2) is 6.29 Å². The number of halogens is 3. The Morgan fingerprint density at radius 1 is 0.544 bits per heavy atom. The molecule has 3 fully saturated rings. The fourth-order valence-electron chi connectivity index (χ4n) is 6.53. The minimum Gasteiger partial charge on any atom is -0.431 e. The van der Waals surface area contributed by atoms with Gasteiger partial charge in [0.2, 0.25) is 11.1 Å². The Labute approximate surface area is 412 Å². The van der Waals surface area contributed by atoms with Gasteiger partial charge in [-0.25, -0.2) is 24.0 Å². The monoisotopic (exact) mass is 1010 g/mol. The first kappa shape index (κ1) is 57.0. The number of ether oxygens (including phenoxy) is 9. The maximum Gasteiger partial charge on any atom is 0.514 e. The Hall–Kier alpha value is -5.29. The van der Waals surface area contributed by atoms with Crippen LogP contribution in [0.4, 0.5) is 24.0 Å². The Bertz CT molecular complexity index is 2060. The maximum atomic E-state index is 11.9. The van der Waals surface area contributed by atoms with Gasteiger partial charge in [0.25, 0.3) is 0 Å². The number of hydrogen-bond acceptors (Lipinski definition) is 16. The molecule has 0 amide bonds. The van der Waals surface area contributed by atoms with E-state index in [1.165, 1.54) is 6.07 Å². The van der Waals surface area contributed by atoms with E-state index < -0.39 is 52.4 Å². The summed E-state index contributed by atoms with van der Waals surface area (Å²) in [5.41, 5.74) is -3.56. The molecule has 0 spiro atoms. The van der Waals surface area contributed by atoms with E-state index >= 15 is 0 Å². The number of aldehydes is 1. The number of carbonyl (C=O) groups excluding carboxylic acids is 6. The number of benzene rings is 3. The number of carbonyl (C=O) groups is 6. The topological polar surface area (TPSA) is 206 Å². The van der Waals surface area contributed by atoms with Crippen LogP contribution >= 0.6 is 34.8 Å². The smallest absolute Gasteiger partial charge is 0.431 e. The predicted octanol–water partition coefficient (Wildman–Crippen LogP) is 13.8. The van der Waals surface area contributed by atoms with Crippen molar-refractivity contribution in [1.82, 2.24) is 0 Å². The lowest BCUT2D eigenvalue weighted by Gasteiger charge is -2.21. The molecule has 2 atom stereocenters. The number of aliphatic hydroxyl groups is 1. The van der Waals surface area contributed by atoms with E-state index in [9.17, 15) is 28.8 Å². The average Bonchev–Trinajstić information content (AvgIpc) is 4.07. The standard InChI is InChI=1S/C18H23ClO6.C14H14Cl2O5.C13H14O4.C4H10O/c1-18(2,3)25-17(21)24-15(19)13-10-6-7-11-14(13)23-16(20)22-12-8-4-5-9-12;15-12(21-13(16)17)10-7-3-4-8-11(10)20-14(18)19-9-5-1-2-6-9;14-9-10-5-1-4-8-12(10)17-13(15)16-11-6-2-3-7-11;1-4(2,3)5/h6-7,10-12,15H,4-5,8-9H2,1-3H3;3-4,7-9,12H,1-2,5-6H2;1,4-5,8-9,11H,2-3,6-7H2;5H,1-3H3. The van der Waals surface area contributed by atoms with Gasteiger partial charge in [-0.05, 0) is 143 Å². The van der Waals surface area contributed by atoms with E-state index in [2.05, 4.69) is 4.74 Å². The Kier molecular flexibility index (Phi) is 24.2. The second-order valence-electron chi connectivity index (χ2n) is 17.6. The van der Waals surface area contributed by atoms with Gasteiger partial charge in [-0.2, -0.15) is 0 Å². The second kappa shape index (κ2) is 28.9. The molecule has 3 aliphatic carbocycles. The zero-order chi connectivity index (χ0) is 50.3. The van der Waals surface area contributed by atoms with Gasteiger partial charge in [-0.15, -0.1) is 0 Å². The van der Waals surface area contributed by atoms with E-state index in [1.807, 2.05) is 0 Å². The lowest BCUT2D eigenvalue weighted by atomic mass is 10.2. The van der Waals surface area contributed by atoms with Gasteiger partial charge in [0.1, 0.15) is 41.2 Å². The molecule has 68 heavy (non-hydrogen) atoms. The van der Waals surface area contributed by atoms with Crippen molar-refractivity contribution in [1.29, 1.82) is 0 Å². The number of rotatable bonds is 11. The summed E-state index contributed by atoms with van der Waals surface area (Å²) in [7, 11) is 0. The molecular formula is C49H61Cl3O16. The molecular weight excluding hydrogens is 951 g/mol. The van der Waals surface area contributed by atoms with Crippen molar-refractivity contribution in [3.05, 3.63) is 89.5 Å². The lowest BCUT2D eigenvalue weighted by Crippen LogP contribution is -2.25. The van der Waals surface area contributed by atoms with Gasteiger partial charge < -0.3 is 47.7 Å². The molecule has 16 nitrogen and oxygen atoms in total. The highest BCUT2D eigenvalue weighted by Crippen LogP contribution is 2.34. The van der Waals surface area contributed by atoms with E-state index in [4.69, 9.17) is 77.8 Å². The van der Waals surface area contributed by atoms with Gasteiger partial charge in [0, 0.05) is 11.6 Å². The van der Waals surface area contributed by atoms with Crippen molar-refractivity contribution in [2.45, 2.75) is 159 Å². The zero-order valence-corrected chi connectivity index (χ0v) is 41.4. The molecule has 374 valence electrons. The first-order chi connectivity index (χ1) is 32.1. The van der Waals surface area contributed by atoms with E-state index in [0.717, 1.165) is 77.0 Å². The molecule has 1 N–H and O–H groups in total. The quantitative estimate of drug-likeness (QED) is 0.0473. The van der Waals surface area contributed by atoms with Crippen LogP contribution in [-0.2, 0) is 28.4 Å². The fourth-order valence-corrected chi connectivity index (χ4v) is 7.18. The third-order valence-corrected chi connectivity index (χ3v) is 10.2.